The number of carbonyl (C=O) groups excluding carboxylic acids is 1. The lowest BCUT2D eigenvalue weighted by molar-refractivity contribution is 0.123. The normalized spacial score (nSPS) is 23.1. The fraction of sp³-hybridized carbons (Fsp3) is 0.350. The molecule has 0 saturated carbocycles. The molecule has 4 rings (SSSR count). The highest BCUT2D eigenvalue weighted by atomic mass is 32.5. The number of amides is 2. The van der Waals surface area contributed by atoms with Gasteiger partial charge in [0.2, 0.25) is 0 Å². The molecule has 6 nitrogen and oxygen atoms in total. The third-order valence-electron chi connectivity index (χ3n) is 5.52. The molecular weight excluding hydrogens is 457 g/mol. The van der Waals surface area contributed by atoms with E-state index in [9.17, 15) is 29.3 Å². The van der Waals surface area contributed by atoms with E-state index in [1.54, 1.807) is 29.2 Å². The number of ether oxygens (including phenoxy) is 1. The Labute approximate surface area is 181 Å². The van der Waals surface area contributed by atoms with Crippen LogP contribution in [0.4, 0.5) is 35.6 Å². The van der Waals surface area contributed by atoms with Gasteiger partial charge in [0.05, 0.1) is 36.7 Å². The Hall–Kier alpha value is -2.57. The molecule has 2 aromatic rings. The molecule has 2 atom stereocenters. The van der Waals surface area contributed by atoms with Crippen molar-refractivity contribution >= 4 is 27.6 Å². The summed E-state index contributed by atoms with van der Waals surface area (Å²) in [4.78, 5) is 12.1. The fourth-order valence-electron chi connectivity index (χ4n) is 3.97. The molecule has 1 heterocycles. The highest BCUT2D eigenvalue weighted by Gasteiger charge is 2.65. The molecule has 12 heteroatoms. The Balaban J connectivity index is 1.59. The van der Waals surface area contributed by atoms with E-state index in [0.717, 1.165) is 11.6 Å². The first-order valence-corrected chi connectivity index (χ1v) is 11.8. The SMILES string of the molecule is O=C(Nc1cc(S(F)(F)(F)(F)F)ccc1N1CCOCC1)NC1Cc2ccccc2C1O. The molecule has 1 fully saturated rings. The van der Waals surface area contributed by atoms with Crippen molar-refractivity contribution in [3.05, 3.63) is 53.6 Å². The van der Waals surface area contributed by atoms with Gasteiger partial charge in [-0.05, 0) is 35.7 Å². The molecule has 2 aromatic carbocycles. The Morgan fingerprint density at radius 3 is 2.41 bits per heavy atom. The largest absolute Gasteiger partial charge is 0.386 e. The van der Waals surface area contributed by atoms with Gasteiger partial charge in [0.1, 0.15) is 4.90 Å². The van der Waals surface area contributed by atoms with Crippen molar-refractivity contribution < 1.29 is 34.1 Å². The molecule has 0 radical (unpaired) electrons. The van der Waals surface area contributed by atoms with Gasteiger partial charge in [-0.1, -0.05) is 43.7 Å². The highest BCUT2D eigenvalue weighted by Crippen LogP contribution is 3.02. The quantitative estimate of drug-likeness (QED) is 0.542. The molecule has 176 valence electrons. The minimum atomic E-state index is -9.95. The zero-order chi connectivity index (χ0) is 23.2. The molecular formula is C20H22F5N3O3S. The van der Waals surface area contributed by atoms with E-state index in [2.05, 4.69) is 10.6 Å². The first kappa shape index (κ1) is 22.6. The molecule has 2 unspecified atom stereocenters. The highest BCUT2D eigenvalue weighted by molar-refractivity contribution is 8.45. The Kier molecular flexibility index (Phi) is 5.10. The number of halogens is 5. The summed E-state index contributed by atoms with van der Waals surface area (Å²) in [5, 5.41) is 15.2. The van der Waals surface area contributed by atoms with Gasteiger partial charge in [-0.2, -0.15) is 0 Å². The van der Waals surface area contributed by atoms with E-state index in [-0.39, 0.29) is 11.8 Å². The van der Waals surface area contributed by atoms with Gasteiger partial charge < -0.3 is 25.4 Å². The number of aliphatic hydroxyl groups is 1. The van der Waals surface area contributed by atoms with Crippen LogP contribution in [0, 0.1) is 0 Å². The number of hydrogen-bond acceptors (Lipinski definition) is 4. The number of nitrogens with zero attached hydrogens (tertiary/aromatic N) is 1. The number of aliphatic hydroxyl groups excluding tert-OH is 1. The van der Waals surface area contributed by atoms with Gasteiger partial charge >= 0.3 is 16.3 Å². The maximum Gasteiger partial charge on any atom is 0.319 e. The van der Waals surface area contributed by atoms with Crippen molar-refractivity contribution in [2.75, 3.05) is 36.5 Å². The number of nitrogens with one attached hydrogen (secondary N) is 2. The number of rotatable bonds is 4. The Morgan fingerprint density at radius 1 is 1.06 bits per heavy atom. The number of benzene rings is 2. The molecule has 32 heavy (non-hydrogen) atoms. The summed E-state index contributed by atoms with van der Waals surface area (Å²) in [7, 11) is -9.95. The maximum atomic E-state index is 13.4. The van der Waals surface area contributed by atoms with Crippen LogP contribution >= 0.6 is 10.2 Å². The number of morpholine rings is 1. The lowest BCUT2D eigenvalue weighted by atomic mass is 10.1. The number of carbonyl (C=O) groups is 1. The minimum absolute atomic E-state index is 0.171. The van der Waals surface area contributed by atoms with Crippen molar-refractivity contribution in [3.63, 3.8) is 0 Å². The zero-order valence-corrected chi connectivity index (χ0v) is 17.6. The molecule has 3 N–H and O–H groups in total. The minimum Gasteiger partial charge on any atom is -0.386 e. The molecule has 2 aliphatic rings. The van der Waals surface area contributed by atoms with Crippen molar-refractivity contribution in [2.24, 2.45) is 0 Å². The molecule has 1 saturated heterocycles. The summed E-state index contributed by atoms with van der Waals surface area (Å²) in [6, 6.07) is 6.93. The summed E-state index contributed by atoms with van der Waals surface area (Å²) in [6.45, 7) is 1.26. The lowest BCUT2D eigenvalue weighted by Gasteiger charge is -2.41. The van der Waals surface area contributed by atoms with E-state index in [4.69, 9.17) is 4.74 Å². The third kappa shape index (κ3) is 4.76. The van der Waals surface area contributed by atoms with Crippen LogP contribution in [0.15, 0.2) is 47.4 Å². The first-order valence-electron chi connectivity index (χ1n) is 9.86. The Morgan fingerprint density at radius 2 is 1.75 bits per heavy atom. The van der Waals surface area contributed by atoms with Crippen LogP contribution < -0.4 is 15.5 Å². The van der Waals surface area contributed by atoms with Crippen LogP contribution in [-0.4, -0.2) is 43.5 Å². The number of urea groups is 1. The van der Waals surface area contributed by atoms with Gasteiger partial charge in [-0.25, -0.2) is 4.79 Å². The number of anilines is 2. The first-order chi connectivity index (χ1) is 14.8. The smallest absolute Gasteiger partial charge is 0.319 e. The second kappa shape index (κ2) is 7.22. The molecule has 2 amide bonds. The van der Waals surface area contributed by atoms with Crippen LogP contribution in [-0.2, 0) is 11.2 Å². The maximum absolute atomic E-state index is 13.4. The van der Waals surface area contributed by atoms with E-state index >= 15 is 0 Å². The van der Waals surface area contributed by atoms with E-state index in [0.29, 0.717) is 44.4 Å². The van der Waals surface area contributed by atoms with Crippen molar-refractivity contribution in [3.8, 4) is 0 Å². The van der Waals surface area contributed by atoms with Crippen LogP contribution in [0.2, 0.25) is 0 Å². The van der Waals surface area contributed by atoms with Crippen molar-refractivity contribution in [1.82, 2.24) is 5.32 Å². The van der Waals surface area contributed by atoms with E-state index < -0.39 is 39.0 Å². The summed E-state index contributed by atoms with van der Waals surface area (Å²) in [5.74, 6) is 0. The third-order valence-corrected chi connectivity index (χ3v) is 6.67. The van der Waals surface area contributed by atoms with Gasteiger partial charge in [-0.3, -0.25) is 0 Å². The predicted molar refractivity (Wildman–Crippen MR) is 112 cm³/mol. The molecule has 1 aliphatic heterocycles. The van der Waals surface area contributed by atoms with Gasteiger partial charge in [-0.15, -0.1) is 0 Å². The van der Waals surface area contributed by atoms with E-state index in [1.165, 1.54) is 0 Å². The summed E-state index contributed by atoms with van der Waals surface area (Å²) in [6.07, 6.45) is -0.668. The topological polar surface area (TPSA) is 73.8 Å². The van der Waals surface area contributed by atoms with Crippen molar-refractivity contribution in [2.45, 2.75) is 23.5 Å². The molecule has 1 aliphatic carbocycles. The monoisotopic (exact) mass is 479 g/mol. The van der Waals surface area contributed by atoms with E-state index in [1.807, 2.05) is 0 Å². The number of hydrogen-bond donors (Lipinski definition) is 3. The summed E-state index contributed by atoms with van der Waals surface area (Å²) in [5.41, 5.74) is 1.25. The van der Waals surface area contributed by atoms with Crippen LogP contribution in [0.1, 0.15) is 17.2 Å². The lowest BCUT2D eigenvalue weighted by Crippen LogP contribution is -2.41. The summed E-state index contributed by atoms with van der Waals surface area (Å²) >= 11 is 0. The predicted octanol–water partition coefficient (Wildman–Crippen LogP) is 4.96. The Bertz CT molecular complexity index is 1050. The van der Waals surface area contributed by atoms with Crippen LogP contribution in [0.3, 0.4) is 0 Å². The van der Waals surface area contributed by atoms with Gasteiger partial charge in [0.15, 0.2) is 0 Å². The van der Waals surface area contributed by atoms with Gasteiger partial charge in [0.25, 0.3) is 0 Å². The molecule has 0 aromatic heterocycles. The summed E-state index contributed by atoms with van der Waals surface area (Å²) < 4.78 is 72.1. The van der Waals surface area contributed by atoms with Crippen LogP contribution in [0.5, 0.6) is 0 Å². The molecule has 0 spiro atoms. The van der Waals surface area contributed by atoms with Crippen molar-refractivity contribution in [1.29, 1.82) is 0 Å². The van der Waals surface area contributed by atoms with Gasteiger partial charge in [0, 0.05) is 13.1 Å². The number of fused-ring (bicyclic) bond motifs is 1. The zero-order valence-electron chi connectivity index (χ0n) is 16.7. The average molecular weight is 479 g/mol. The average Bonchev–Trinajstić information content (AvgIpc) is 3.02. The standard InChI is InChI=1S/C20H22F5N3O3S/c21-32(22,23,24,25)14-5-6-18(28-7-9-31-10-8-28)16(12-14)26-20(30)27-17-11-13-3-1-2-4-15(13)19(17)29/h1-6,12,17,19,29H,7-11H2,(H2,26,27,30). The second-order valence-electron chi connectivity index (χ2n) is 7.80. The molecule has 0 bridgehead atoms. The fourth-order valence-corrected chi connectivity index (χ4v) is 4.63. The second-order valence-corrected chi connectivity index (χ2v) is 10.2. The van der Waals surface area contributed by atoms with Crippen LogP contribution in [0.25, 0.3) is 0 Å².